The number of alkyl halides is 3. The fraction of sp³-hybridized carbons (Fsp3) is 0.727. The van der Waals surface area contributed by atoms with Crippen molar-refractivity contribution in [1.29, 1.82) is 0 Å². The first kappa shape index (κ1) is 22.9. The van der Waals surface area contributed by atoms with Crippen LogP contribution in [0.2, 0.25) is 0 Å². The lowest BCUT2D eigenvalue weighted by molar-refractivity contribution is -0.149. The first-order valence-electron chi connectivity index (χ1n) is 10.7. The van der Waals surface area contributed by atoms with Crippen LogP contribution in [-0.2, 0) is 6.42 Å². The van der Waals surface area contributed by atoms with Crippen molar-refractivity contribution in [2.75, 3.05) is 46.4 Å². The maximum absolute atomic E-state index is 12.6. The van der Waals surface area contributed by atoms with E-state index in [-0.39, 0.29) is 0 Å². The second-order valence-electron chi connectivity index (χ2n) is 8.59. The molecule has 2 heterocycles. The van der Waals surface area contributed by atoms with Gasteiger partial charge in [-0.2, -0.15) is 13.2 Å². The van der Waals surface area contributed by atoms with Crippen molar-refractivity contribution >= 4 is 15.9 Å². The first-order valence-corrected chi connectivity index (χ1v) is 11.5. The van der Waals surface area contributed by atoms with E-state index >= 15 is 0 Å². The Hall–Kier alpha value is -0.790. The number of hydrogen-bond acceptors (Lipinski definition) is 3. The predicted octanol–water partition coefficient (Wildman–Crippen LogP) is 5.38. The molecule has 0 radical (unpaired) electrons. The summed E-state index contributed by atoms with van der Waals surface area (Å²) in [6.07, 6.45) is 2.29. The van der Waals surface area contributed by atoms with E-state index in [0.29, 0.717) is 24.9 Å². The van der Waals surface area contributed by atoms with Crippen LogP contribution in [0.5, 0.6) is 5.75 Å². The van der Waals surface area contributed by atoms with Crippen molar-refractivity contribution in [3.63, 3.8) is 0 Å². The van der Waals surface area contributed by atoms with Gasteiger partial charge in [0, 0.05) is 11.0 Å². The van der Waals surface area contributed by atoms with Gasteiger partial charge in [0.25, 0.3) is 0 Å². The molecule has 0 spiro atoms. The second kappa shape index (κ2) is 10.5. The first-order chi connectivity index (χ1) is 13.8. The summed E-state index contributed by atoms with van der Waals surface area (Å²) in [4.78, 5) is 4.09. The monoisotopic (exact) mass is 476 g/mol. The summed E-state index contributed by atoms with van der Waals surface area (Å²) >= 11 is 3.65. The molecule has 0 amide bonds. The van der Waals surface area contributed by atoms with Crippen molar-refractivity contribution in [1.82, 2.24) is 9.80 Å². The van der Waals surface area contributed by atoms with E-state index in [2.05, 4.69) is 33.0 Å². The number of piperidine rings is 2. The van der Waals surface area contributed by atoms with Crippen LogP contribution in [-0.4, -0.2) is 62.4 Å². The van der Waals surface area contributed by atoms with Crippen LogP contribution in [0, 0.1) is 11.8 Å². The van der Waals surface area contributed by atoms with Crippen LogP contribution in [0.3, 0.4) is 0 Å². The van der Waals surface area contributed by atoms with Crippen LogP contribution >= 0.6 is 15.9 Å². The molecular formula is C22H32BrF3N2O. The SMILES string of the molecule is COc1ccc(Br)c(CC2CCN(CCC3CCCN(CC(F)(F)F)C3)CC2)c1. The van der Waals surface area contributed by atoms with E-state index in [1.165, 1.54) is 18.4 Å². The normalized spacial score (nSPS) is 22.7. The van der Waals surface area contributed by atoms with Crippen LogP contribution < -0.4 is 4.74 Å². The summed E-state index contributed by atoms with van der Waals surface area (Å²) in [5.41, 5.74) is 1.30. The third kappa shape index (κ3) is 7.44. The summed E-state index contributed by atoms with van der Waals surface area (Å²) in [6, 6.07) is 6.14. The van der Waals surface area contributed by atoms with Crippen molar-refractivity contribution < 1.29 is 17.9 Å². The summed E-state index contributed by atoms with van der Waals surface area (Å²) in [5.74, 6) is 1.97. The number of benzene rings is 1. The molecule has 3 nitrogen and oxygen atoms in total. The van der Waals surface area contributed by atoms with Gasteiger partial charge < -0.3 is 9.64 Å². The highest BCUT2D eigenvalue weighted by atomic mass is 79.9. The molecule has 1 aromatic carbocycles. The van der Waals surface area contributed by atoms with Gasteiger partial charge in [-0.05, 0) is 100 Å². The van der Waals surface area contributed by atoms with Crippen molar-refractivity contribution in [2.24, 2.45) is 11.8 Å². The molecule has 0 N–H and O–H groups in total. The van der Waals surface area contributed by atoms with Gasteiger partial charge in [-0.15, -0.1) is 0 Å². The molecule has 2 saturated heterocycles. The molecule has 1 atom stereocenters. The minimum Gasteiger partial charge on any atom is -0.497 e. The third-order valence-electron chi connectivity index (χ3n) is 6.33. The fourth-order valence-electron chi connectivity index (χ4n) is 4.71. The lowest BCUT2D eigenvalue weighted by Crippen LogP contribution is -2.42. The van der Waals surface area contributed by atoms with Crippen LogP contribution in [0.4, 0.5) is 13.2 Å². The Morgan fingerprint density at radius 2 is 1.83 bits per heavy atom. The number of rotatable bonds is 7. The van der Waals surface area contributed by atoms with Gasteiger partial charge in [-0.1, -0.05) is 15.9 Å². The molecule has 0 bridgehead atoms. The predicted molar refractivity (Wildman–Crippen MR) is 113 cm³/mol. The molecule has 2 aliphatic heterocycles. The molecule has 0 aromatic heterocycles. The smallest absolute Gasteiger partial charge is 0.401 e. The highest BCUT2D eigenvalue weighted by molar-refractivity contribution is 9.10. The molecule has 3 rings (SSSR count). The highest BCUT2D eigenvalue weighted by Crippen LogP contribution is 2.29. The van der Waals surface area contributed by atoms with E-state index in [1.807, 2.05) is 6.07 Å². The zero-order valence-corrected chi connectivity index (χ0v) is 18.8. The Kier molecular flexibility index (Phi) is 8.28. The third-order valence-corrected chi connectivity index (χ3v) is 7.10. The molecule has 29 heavy (non-hydrogen) atoms. The summed E-state index contributed by atoms with van der Waals surface area (Å²) in [7, 11) is 1.69. The zero-order valence-electron chi connectivity index (χ0n) is 17.2. The van der Waals surface area contributed by atoms with Gasteiger partial charge in [0.15, 0.2) is 0 Å². The summed E-state index contributed by atoms with van der Waals surface area (Å²) < 4.78 is 44.4. The van der Waals surface area contributed by atoms with E-state index in [0.717, 1.165) is 55.5 Å². The molecule has 2 fully saturated rings. The quantitative estimate of drug-likeness (QED) is 0.525. The van der Waals surface area contributed by atoms with E-state index in [9.17, 15) is 13.2 Å². The number of hydrogen-bond donors (Lipinski definition) is 0. The van der Waals surface area contributed by atoms with Gasteiger partial charge in [0.1, 0.15) is 5.75 Å². The Morgan fingerprint density at radius 3 is 2.52 bits per heavy atom. The number of methoxy groups -OCH3 is 1. The fourth-order valence-corrected chi connectivity index (χ4v) is 5.12. The van der Waals surface area contributed by atoms with Crippen LogP contribution in [0.1, 0.15) is 37.7 Å². The molecule has 0 saturated carbocycles. The summed E-state index contributed by atoms with van der Waals surface area (Å²) in [6.45, 7) is 3.62. The van der Waals surface area contributed by atoms with Gasteiger partial charge in [0.05, 0.1) is 13.7 Å². The van der Waals surface area contributed by atoms with E-state index < -0.39 is 12.7 Å². The van der Waals surface area contributed by atoms with E-state index in [1.54, 1.807) is 12.0 Å². The lowest BCUT2D eigenvalue weighted by atomic mass is 9.89. The average Bonchev–Trinajstić information content (AvgIpc) is 2.68. The number of halogens is 4. The van der Waals surface area contributed by atoms with Crippen LogP contribution in [0.15, 0.2) is 22.7 Å². The average molecular weight is 477 g/mol. The maximum atomic E-state index is 12.6. The van der Waals surface area contributed by atoms with Gasteiger partial charge in [-0.3, -0.25) is 4.90 Å². The molecule has 164 valence electrons. The number of ether oxygens (including phenoxy) is 1. The molecule has 1 unspecified atom stereocenters. The Labute approximate surface area is 180 Å². The van der Waals surface area contributed by atoms with E-state index in [4.69, 9.17) is 4.74 Å². The minimum absolute atomic E-state index is 0.400. The van der Waals surface area contributed by atoms with Crippen molar-refractivity contribution in [2.45, 2.75) is 44.7 Å². The lowest BCUT2D eigenvalue weighted by Gasteiger charge is -2.36. The minimum atomic E-state index is -4.08. The topological polar surface area (TPSA) is 15.7 Å². The Balaban J connectivity index is 1.39. The molecule has 1 aromatic rings. The summed E-state index contributed by atoms with van der Waals surface area (Å²) in [5, 5.41) is 0. The molecular weight excluding hydrogens is 445 g/mol. The Bertz CT molecular complexity index is 647. The molecule has 2 aliphatic rings. The number of likely N-dealkylation sites (tertiary alicyclic amines) is 2. The van der Waals surface area contributed by atoms with Crippen molar-refractivity contribution in [3.05, 3.63) is 28.2 Å². The Morgan fingerprint density at radius 1 is 1.07 bits per heavy atom. The number of nitrogens with zero attached hydrogens (tertiary/aromatic N) is 2. The van der Waals surface area contributed by atoms with Gasteiger partial charge >= 0.3 is 6.18 Å². The largest absolute Gasteiger partial charge is 0.497 e. The van der Waals surface area contributed by atoms with Gasteiger partial charge in [-0.25, -0.2) is 0 Å². The highest BCUT2D eigenvalue weighted by Gasteiger charge is 2.33. The zero-order chi connectivity index (χ0) is 20.9. The van der Waals surface area contributed by atoms with Crippen molar-refractivity contribution in [3.8, 4) is 5.75 Å². The van der Waals surface area contributed by atoms with Crippen LogP contribution in [0.25, 0.3) is 0 Å². The standard InChI is InChI=1S/C22H32BrF3N2O/c1-29-20-4-5-21(23)19(14-20)13-17-6-10-27(11-7-17)12-8-18-3-2-9-28(15-18)16-22(24,25)26/h4-5,14,17-18H,2-3,6-13,15-16H2,1H3. The molecule has 0 aliphatic carbocycles. The second-order valence-corrected chi connectivity index (χ2v) is 9.45. The maximum Gasteiger partial charge on any atom is 0.401 e. The molecule has 7 heteroatoms. The van der Waals surface area contributed by atoms with Gasteiger partial charge in [0.2, 0.25) is 0 Å².